The molecule has 0 amide bonds. The molecule has 0 N–H and O–H groups in total. The van der Waals surface area contributed by atoms with E-state index in [1.165, 1.54) is 0 Å². The number of hydrogen-bond acceptors (Lipinski definition) is 5. The third kappa shape index (κ3) is 4.62. The number of rotatable bonds is 4. The Morgan fingerprint density at radius 3 is 2.20 bits per heavy atom. The van der Waals surface area contributed by atoms with Gasteiger partial charge in [0.15, 0.2) is 16.4 Å². The van der Waals surface area contributed by atoms with Crippen LogP contribution in [0, 0.1) is 0 Å². The molecular formula is C9H8ClF3O5S2. The Hall–Kier alpha value is -0.840. The molecule has 0 aromatic heterocycles. The minimum atomic E-state index is -4.85. The highest BCUT2D eigenvalue weighted by Gasteiger charge is 2.32. The highest BCUT2D eigenvalue weighted by molar-refractivity contribution is 7.90. The molecule has 1 aromatic rings. The van der Waals surface area contributed by atoms with Gasteiger partial charge in [0.2, 0.25) is 0 Å². The second-order valence-corrected chi connectivity index (χ2v) is 7.70. The molecule has 114 valence electrons. The summed E-state index contributed by atoms with van der Waals surface area (Å²) >= 11 is 5.55. The topological polar surface area (TPSA) is 77.5 Å². The van der Waals surface area contributed by atoms with Crippen molar-refractivity contribution in [3.8, 4) is 0 Å². The number of benzene rings is 1. The maximum Gasteiger partial charge on any atom is 0.413 e. The van der Waals surface area contributed by atoms with Gasteiger partial charge in [0.1, 0.15) is 4.90 Å². The van der Waals surface area contributed by atoms with Gasteiger partial charge in [0.05, 0.1) is 9.92 Å². The summed E-state index contributed by atoms with van der Waals surface area (Å²) in [4.78, 5) is -1.25. The maximum atomic E-state index is 12.0. The molecule has 0 aliphatic heterocycles. The van der Waals surface area contributed by atoms with Crippen LogP contribution in [-0.4, -0.2) is 35.9 Å². The molecule has 5 nitrogen and oxygen atoms in total. The van der Waals surface area contributed by atoms with Gasteiger partial charge in [0, 0.05) is 6.26 Å². The molecule has 11 heteroatoms. The van der Waals surface area contributed by atoms with Crippen LogP contribution in [0.3, 0.4) is 0 Å². The Labute approximate surface area is 118 Å². The van der Waals surface area contributed by atoms with Gasteiger partial charge in [-0.1, -0.05) is 11.6 Å². The first-order chi connectivity index (χ1) is 8.83. The fourth-order valence-corrected chi connectivity index (χ4v) is 3.23. The van der Waals surface area contributed by atoms with Crippen LogP contribution in [-0.2, 0) is 24.1 Å². The first kappa shape index (κ1) is 17.2. The molecule has 0 atom stereocenters. The van der Waals surface area contributed by atoms with E-state index in [0.717, 1.165) is 18.4 Å². The first-order valence-corrected chi connectivity index (χ1v) is 8.46. The Morgan fingerprint density at radius 2 is 1.75 bits per heavy atom. The van der Waals surface area contributed by atoms with E-state index in [2.05, 4.69) is 4.18 Å². The second kappa shape index (κ2) is 5.51. The molecule has 0 bridgehead atoms. The first-order valence-electron chi connectivity index (χ1n) is 4.79. The van der Waals surface area contributed by atoms with Gasteiger partial charge in [0.25, 0.3) is 10.1 Å². The predicted molar refractivity (Wildman–Crippen MR) is 63.8 cm³/mol. The zero-order chi connectivity index (χ0) is 15.8. The summed E-state index contributed by atoms with van der Waals surface area (Å²) in [5.74, 6) is 0. The van der Waals surface area contributed by atoms with Crippen molar-refractivity contribution in [2.24, 2.45) is 0 Å². The fraction of sp³-hybridized carbons (Fsp3) is 0.333. The van der Waals surface area contributed by atoms with Crippen LogP contribution in [0.4, 0.5) is 13.2 Å². The Morgan fingerprint density at radius 1 is 1.20 bits per heavy atom. The summed E-state index contributed by atoms with van der Waals surface area (Å²) in [6.45, 7) is -2.03. The largest absolute Gasteiger partial charge is 0.413 e. The highest BCUT2D eigenvalue weighted by Crippen LogP contribution is 2.27. The lowest BCUT2D eigenvalue weighted by Crippen LogP contribution is -2.21. The summed E-state index contributed by atoms with van der Waals surface area (Å²) in [7, 11) is -8.57. The monoisotopic (exact) mass is 352 g/mol. The molecule has 0 saturated heterocycles. The molecule has 0 radical (unpaired) electrons. The third-order valence-electron chi connectivity index (χ3n) is 1.98. The van der Waals surface area contributed by atoms with Crippen molar-refractivity contribution in [3.63, 3.8) is 0 Å². The zero-order valence-corrected chi connectivity index (χ0v) is 12.2. The lowest BCUT2D eigenvalue weighted by molar-refractivity contribution is -0.152. The number of halogens is 4. The second-order valence-electron chi connectivity index (χ2n) is 3.70. The molecule has 0 heterocycles. The van der Waals surface area contributed by atoms with E-state index < -0.39 is 47.6 Å². The maximum absolute atomic E-state index is 12.0. The number of sulfone groups is 1. The van der Waals surface area contributed by atoms with Crippen molar-refractivity contribution in [3.05, 3.63) is 23.2 Å². The van der Waals surface area contributed by atoms with Crippen molar-refractivity contribution in [2.75, 3.05) is 12.9 Å². The van der Waals surface area contributed by atoms with Gasteiger partial charge < -0.3 is 0 Å². The van der Waals surface area contributed by atoms with Crippen molar-refractivity contribution >= 4 is 31.6 Å². The van der Waals surface area contributed by atoms with Crippen LogP contribution in [0.25, 0.3) is 0 Å². The Bertz CT molecular complexity index is 710. The minimum absolute atomic E-state index is 0.406. The quantitative estimate of drug-likeness (QED) is 0.775. The Kier molecular flexibility index (Phi) is 4.74. The lowest BCUT2D eigenvalue weighted by Gasteiger charge is -2.10. The van der Waals surface area contributed by atoms with E-state index in [1.807, 2.05) is 0 Å². The smallest absolute Gasteiger partial charge is 0.257 e. The van der Waals surface area contributed by atoms with E-state index in [9.17, 15) is 30.0 Å². The van der Waals surface area contributed by atoms with Crippen molar-refractivity contribution < 1.29 is 34.2 Å². The molecule has 0 unspecified atom stereocenters. The van der Waals surface area contributed by atoms with E-state index in [4.69, 9.17) is 11.6 Å². The number of hydrogen-bond donors (Lipinski definition) is 0. The summed E-state index contributed by atoms with van der Waals surface area (Å²) in [5, 5.41) is -0.445. The van der Waals surface area contributed by atoms with Crippen molar-refractivity contribution in [2.45, 2.75) is 16.0 Å². The van der Waals surface area contributed by atoms with Gasteiger partial charge in [-0.25, -0.2) is 8.42 Å². The van der Waals surface area contributed by atoms with Gasteiger partial charge in [-0.05, 0) is 18.2 Å². The average molecular weight is 353 g/mol. The van der Waals surface area contributed by atoms with Crippen LogP contribution in [0.15, 0.2) is 28.0 Å². The van der Waals surface area contributed by atoms with E-state index in [1.54, 1.807) is 0 Å². The van der Waals surface area contributed by atoms with Crippen LogP contribution in [0.1, 0.15) is 0 Å². The lowest BCUT2D eigenvalue weighted by atomic mass is 10.4. The van der Waals surface area contributed by atoms with Gasteiger partial charge in [-0.3, -0.25) is 4.18 Å². The molecule has 0 aliphatic rings. The van der Waals surface area contributed by atoms with E-state index in [-0.39, 0.29) is 0 Å². The molecule has 1 aromatic carbocycles. The zero-order valence-electron chi connectivity index (χ0n) is 9.81. The van der Waals surface area contributed by atoms with Crippen LogP contribution in [0.2, 0.25) is 5.02 Å². The summed E-state index contributed by atoms with van der Waals surface area (Å²) in [6, 6.07) is 2.62. The summed E-state index contributed by atoms with van der Waals surface area (Å²) < 4.78 is 85.4. The van der Waals surface area contributed by atoms with Gasteiger partial charge in [-0.15, -0.1) is 0 Å². The molecule has 1 rings (SSSR count). The summed E-state index contributed by atoms with van der Waals surface area (Å²) in [6.07, 6.45) is -4.04. The van der Waals surface area contributed by atoms with E-state index >= 15 is 0 Å². The Balaban J connectivity index is 3.25. The van der Waals surface area contributed by atoms with Crippen LogP contribution in [0.5, 0.6) is 0 Å². The molecule has 0 saturated carbocycles. The molecular weight excluding hydrogens is 345 g/mol. The van der Waals surface area contributed by atoms with Crippen molar-refractivity contribution in [1.82, 2.24) is 0 Å². The molecule has 20 heavy (non-hydrogen) atoms. The standard InChI is InChI=1S/C9H8ClF3O5S2/c1-19(14,15)6-2-3-7(10)8(4-6)20(16,17)18-5-9(11,12)13/h2-4H,5H2,1H3. The SMILES string of the molecule is CS(=O)(=O)c1ccc(Cl)c(S(=O)(=O)OCC(F)(F)F)c1. The normalized spacial score (nSPS) is 13.4. The van der Waals surface area contributed by atoms with Gasteiger partial charge >= 0.3 is 6.18 Å². The minimum Gasteiger partial charge on any atom is -0.257 e. The number of alkyl halides is 3. The summed E-state index contributed by atoms with van der Waals surface area (Å²) in [5.41, 5.74) is 0. The predicted octanol–water partition coefficient (Wildman–Crippen LogP) is 2.01. The van der Waals surface area contributed by atoms with E-state index in [0.29, 0.717) is 6.07 Å². The van der Waals surface area contributed by atoms with Crippen LogP contribution < -0.4 is 0 Å². The van der Waals surface area contributed by atoms with Crippen LogP contribution >= 0.6 is 11.6 Å². The average Bonchev–Trinajstić information content (AvgIpc) is 2.24. The molecule has 0 fully saturated rings. The van der Waals surface area contributed by atoms with Gasteiger partial charge in [-0.2, -0.15) is 21.6 Å². The highest BCUT2D eigenvalue weighted by atomic mass is 35.5. The third-order valence-corrected chi connectivity index (χ3v) is 4.83. The van der Waals surface area contributed by atoms with Crippen molar-refractivity contribution in [1.29, 1.82) is 0 Å². The fourth-order valence-electron chi connectivity index (χ4n) is 1.11. The molecule has 0 aliphatic carbocycles. The molecule has 0 spiro atoms.